The summed E-state index contributed by atoms with van der Waals surface area (Å²) in [4.78, 5) is 10.9. The van der Waals surface area contributed by atoms with Crippen molar-refractivity contribution in [3.63, 3.8) is 0 Å². The van der Waals surface area contributed by atoms with E-state index in [2.05, 4.69) is 31.9 Å². The number of hydrogen-bond acceptors (Lipinski definition) is 1. The van der Waals surface area contributed by atoms with Crippen LogP contribution in [0.15, 0.2) is 21.1 Å². The van der Waals surface area contributed by atoms with Crippen molar-refractivity contribution < 1.29 is 9.18 Å². The average molecular weight is 296 g/mol. The Hall–Kier alpha value is -0.220. The van der Waals surface area contributed by atoms with Gasteiger partial charge in [0.15, 0.2) is 5.78 Å². The molecular formula is C8H5Br2FO. The Labute approximate surface area is 86.2 Å². The van der Waals surface area contributed by atoms with E-state index in [9.17, 15) is 9.18 Å². The number of carbonyl (C=O) groups is 1. The first-order valence-electron chi connectivity index (χ1n) is 3.18. The maximum absolute atomic E-state index is 13.2. The van der Waals surface area contributed by atoms with Gasteiger partial charge in [0.1, 0.15) is 5.82 Å². The molecule has 0 bridgehead atoms. The predicted molar refractivity (Wildman–Crippen MR) is 51.8 cm³/mol. The second-order valence-electron chi connectivity index (χ2n) is 2.28. The Bertz CT molecular complexity index is 336. The number of benzene rings is 1. The van der Waals surface area contributed by atoms with Gasteiger partial charge in [0.05, 0.1) is 10.0 Å². The van der Waals surface area contributed by atoms with Crippen LogP contribution in [0.1, 0.15) is 17.3 Å². The van der Waals surface area contributed by atoms with Gasteiger partial charge in [-0.25, -0.2) is 4.39 Å². The maximum Gasteiger partial charge on any atom is 0.162 e. The Morgan fingerprint density at radius 3 is 2.50 bits per heavy atom. The molecule has 0 heterocycles. The third-order valence-electron chi connectivity index (χ3n) is 1.41. The Balaban J connectivity index is 3.36. The summed E-state index contributed by atoms with van der Waals surface area (Å²) in [5.41, 5.74) is 0.102. The average Bonchev–Trinajstić information content (AvgIpc) is 2.00. The lowest BCUT2D eigenvalue weighted by Gasteiger charge is -2.01. The molecule has 0 amide bonds. The summed E-state index contributed by atoms with van der Waals surface area (Å²) < 4.78 is 14.1. The molecule has 0 unspecified atom stereocenters. The Morgan fingerprint density at radius 1 is 1.42 bits per heavy atom. The SMILES string of the molecule is CC(=O)c1ccc(Br)c(Br)c1F. The zero-order valence-corrected chi connectivity index (χ0v) is 9.37. The number of Topliss-reactive ketones (excluding diaryl/α,β-unsaturated/α-hetero) is 1. The van der Waals surface area contributed by atoms with Gasteiger partial charge in [0.25, 0.3) is 0 Å². The first-order chi connectivity index (χ1) is 5.54. The number of rotatable bonds is 1. The monoisotopic (exact) mass is 294 g/mol. The standard InChI is InChI=1S/C8H5Br2FO/c1-4(12)5-2-3-6(9)7(10)8(5)11/h2-3H,1H3. The van der Waals surface area contributed by atoms with Gasteiger partial charge in [-0.3, -0.25) is 4.79 Å². The third kappa shape index (κ3) is 1.75. The van der Waals surface area contributed by atoms with Crippen LogP contribution in [-0.4, -0.2) is 5.78 Å². The molecule has 0 saturated carbocycles. The fourth-order valence-electron chi connectivity index (χ4n) is 0.798. The predicted octanol–water partition coefficient (Wildman–Crippen LogP) is 3.55. The second kappa shape index (κ2) is 3.66. The van der Waals surface area contributed by atoms with Crippen LogP contribution in [0.2, 0.25) is 0 Å². The highest BCUT2D eigenvalue weighted by atomic mass is 79.9. The van der Waals surface area contributed by atoms with Gasteiger partial charge in [-0.15, -0.1) is 0 Å². The first kappa shape index (κ1) is 9.86. The van der Waals surface area contributed by atoms with E-state index >= 15 is 0 Å². The molecule has 0 N–H and O–H groups in total. The van der Waals surface area contributed by atoms with Crippen molar-refractivity contribution in [2.75, 3.05) is 0 Å². The van der Waals surface area contributed by atoms with Crippen molar-refractivity contribution in [2.24, 2.45) is 0 Å². The molecular weight excluding hydrogens is 291 g/mol. The molecule has 0 aliphatic carbocycles. The molecule has 0 aliphatic heterocycles. The summed E-state index contributed by atoms with van der Waals surface area (Å²) in [6.07, 6.45) is 0. The van der Waals surface area contributed by atoms with E-state index in [4.69, 9.17) is 0 Å². The minimum atomic E-state index is -0.517. The molecule has 0 fully saturated rings. The Kier molecular flexibility index (Phi) is 3.01. The molecule has 1 rings (SSSR count). The van der Waals surface area contributed by atoms with Crippen LogP contribution in [0.3, 0.4) is 0 Å². The lowest BCUT2D eigenvalue weighted by atomic mass is 10.1. The highest BCUT2D eigenvalue weighted by Crippen LogP contribution is 2.28. The van der Waals surface area contributed by atoms with Crippen molar-refractivity contribution >= 4 is 37.6 Å². The van der Waals surface area contributed by atoms with Gasteiger partial charge < -0.3 is 0 Å². The van der Waals surface area contributed by atoms with E-state index in [1.807, 2.05) is 0 Å². The topological polar surface area (TPSA) is 17.1 Å². The maximum atomic E-state index is 13.2. The van der Waals surface area contributed by atoms with Gasteiger partial charge in [0.2, 0.25) is 0 Å². The van der Waals surface area contributed by atoms with Crippen LogP contribution in [0.5, 0.6) is 0 Å². The van der Waals surface area contributed by atoms with Crippen LogP contribution in [0, 0.1) is 5.82 Å². The summed E-state index contributed by atoms with van der Waals surface area (Å²) in [6, 6.07) is 3.08. The normalized spacial score (nSPS) is 10.0. The molecule has 12 heavy (non-hydrogen) atoms. The largest absolute Gasteiger partial charge is 0.294 e. The molecule has 4 heteroatoms. The van der Waals surface area contributed by atoms with Crippen molar-refractivity contribution in [2.45, 2.75) is 6.92 Å². The van der Waals surface area contributed by atoms with Crippen molar-refractivity contribution in [1.82, 2.24) is 0 Å². The van der Waals surface area contributed by atoms with Crippen molar-refractivity contribution in [3.05, 3.63) is 32.5 Å². The first-order valence-corrected chi connectivity index (χ1v) is 4.77. The molecule has 1 aromatic rings. The lowest BCUT2D eigenvalue weighted by Crippen LogP contribution is -1.97. The second-order valence-corrected chi connectivity index (χ2v) is 3.93. The summed E-state index contributed by atoms with van der Waals surface area (Å²) in [7, 11) is 0. The van der Waals surface area contributed by atoms with E-state index < -0.39 is 5.82 Å². The van der Waals surface area contributed by atoms with E-state index in [0.29, 0.717) is 4.47 Å². The quantitative estimate of drug-likeness (QED) is 0.572. The van der Waals surface area contributed by atoms with E-state index in [1.54, 1.807) is 6.07 Å². The lowest BCUT2D eigenvalue weighted by molar-refractivity contribution is 0.101. The van der Waals surface area contributed by atoms with E-state index in [0.717, 1.165) is 0 Å². The van der Waals surface area contributed by atoms with Crippen LogP contribution < -0.4 is 0 Å². The molecule has 1 aromatic carbocycles. The molecule has 0 aromatic heterocycles. The van der Waals surface area contributed by atoms with E-state index in [-0.39, 0.29) is 15.8 Å². The zero-order chi connectivity index (χ0) is 9.30. The zero-order valence-electron chi connectivity index (χ0n) is 6.20. The van der Waals surface area contributed by atoms with Crippen LogP contribution in [-0.2, 0) is 0 Å². The summed E-state index contributed by atoms with van der Waals surface area (Å²) in [5.74, 6) is -0.794. The highest BCUT2D eigenvalue weighted by molar-refractivity contribution is 9.13. The molecule has 1 nitrogen and oxygen atoms in total. The number of ketones is 1. The summed E-state index contributed by atoms with van der Waals surface area (Å²) in [5, 5.41) is 0. The third-order valence-corrected chi connectivity index (χ3v) is 3.38. The molecule has 0 saturated heterocycles. The van der Waals surface area contributed by atoms with Gasteiger partial charge in [-0.1, -0.05) is 0 Å². The fourth-order valence-corrected chi connectivity index (χ4v) is 1.45. The van der Waals surface area contributed by atoms with E-state index in [1.165, 1.54) is 13.0 Å². The van der Waals surface area contributed by atoms with Crippen molar-refractivity contribution in [1.29, 1.82) is 0 Å². The summed E-state index contributed by atoms with van der Waals surface area (Å²) >= 11 is 6.16. The minimum absolute atomic E-state index is 0.102. The number of carbonyl (C=O) groups excluding carboxylic acids is 1. The highest BCUT2D eigenvalue weighted by Gasteiger charge is 2.12. The molecule has 0 atom stereocenters. The molecule has 0 aliphatic rings. The fraction of sp³-hybridized carbons (Fsp3) is 0.125. The van der Waals surface area contributed by atoms with Crippen molar-refractivity contribution in [3.8, 4) is 0 Å². The molecule has 0 spiro atoms. The number of halogens is 3. The van der Waals surface area contributed by atoms with Gasteiger partial charge in [-0.2, -0.15) is 0 Å². The smallest absolute Gasteiger partial charge is 0.162 e. The molecule has 64 valence electrons. The summed E-state index contributed by atoms with van der Waals surface area (Å²) in [6.45, 7) is 1.33. The minimum Gasteiger partial charge on any atom is -0.294 e. The van der Waals surface area contributed by atoms with Gasteiger partial charge >= 0.3 is 0 Å². The van der Waals surface area contributed by atoms with Gasteiger partial charge in [-0.05, 0) is 50.9 Å². The molecule has 0 radical (unpaired) electrons. The van der Waals surface area contributed by atoms with Crippen LogP contribution in [0.25, 0.3) is 0 Å². The number of hydrogen-bond donors (Lipinski definition) is 0. The Morgan fingerprint density at radius 2 is 2.00 bits per heavy atom. The van der Waals surface area contributed by atoms with Crippen LogP contribution >= 0.6 is 31.9 Å². The van der Waals surface area contributed by atoms with Gasteiger partial charge in [0, 0.05) is 4.47 Å². The van der Waals surface area contributed by atoms with Crippen LogP contribution in [0.4, 0.5) is 4.39 Å².